The molecule has 0 aromatic heterocycles. The fraction of sp³-hybridized carbons (Fsp3) is 0.562. The molecule has 1 aliphatic carbocycles. The molecule has 0 radical (unpaired) electrons. The molecule has 110 valence electrons. The molecule has 1 aromatic carbocycles. The largest absolute Gasteiger partial charge is 0.482 e. The van der Waals surface area contributed by atoms with Crippen LogP contribution in [0.5, 0.6) is 5.75 Å². The highest BCUT2D eigenvalue weighted by Crippen LogP contribution is 2.29. The number of benzene rings is 1. The van der Waals surface area contributed by atoms with Crippen LogP contribution in [-0.2, 0) is 9.53 Å². The summed E-state index contributed by atoms with van der Waals surface area (Å²) in [5.74, 6) is 0.850. The molecule has 2 unspecified atom stereocenters. The lowest BCUT2D eigenvalue weighted by atomic mass is 9.85. The van der Waals surface area contributed by atoms with Gasteiger partial charge in [-0.1, -0.05) is 13.3 Å². The van der Waals surface area contributed by atoms with Crippen molar-refractivity contribution in [3.8, 4) is 5.75 Å². The Morgan fingerprint density at radius 2 is 1.95 bits per heavy atom. The second-order valence-corrected chi connectivity index (χ2v) is 5.34. The molecule has 0 aliphatic heterocycles. The summed E-state index contributed by atoms with van der Waals surface area (Å²) < 4.78 is 11.0. The van der Waals surface area contributed by atoms with Crippen molar-refractivity contribution in [2.75, 3.05) is 12.3 Å². The van der Waals surface area contributed by atoms with E-state index < -0.39 is 0 Å². The predicted octanol–water partition coefficient (Wildman–Crippen LogP) is 3.16. The monoisotopic (exact) mass is 277 g/mol. The van der Waals surface area contributed by atoms with E-state index >= 15 is 0 Å². The minimum atomic E-state index is -0.285. The molecule has 1 saturated carbocycles. The van der Waals surface area contributed by atoms with Gasteiger partial charge in [0.2, 0.25) is 0 Å². The van der Waals surface area contributed by atoms with E-state index in [0.29, 0.717) is 17.4 Å². The molecule has 2 atom stereocenters. The molecular formula is C16H23NO3. The molecule has 0 spiro atoms. The number of rotatable bonds is 5. The van der Waals surface area contributed by atoms with Gasteiger partial charge < -0.3 is 15.2 Å². The van der Waals surface area contributed by atoms with Crippen molar-refractivity contribution in [1.82, 2.24) is 0 Å². The van der Waals surface area contributed by atoms with Crippen LogP contribution in [0.3, 0.4) is 0 Å². The molecule has 0 heterocycles. The smallest absolute Gasteiger partial charge is 0.344 e. The number of carbonyl (C=O) groups is 1. The maximum absolute atomic E-state index is 11.8. The van der Waals surface area contributed by atoms with E-state index in [0.717, 1.165) is 25.7 Å². The number of hydrogen-bond donors (Lipinski definition) is 1. The van der Waals surface area contributed by atoms with Gasteiger partial charge in [0.05, 0.1) is 0 Å². The number of anilines is 1. The highest BCUT2D eigenvalue weighted by molar-refractivity contribution is 5.71. The Morgan fingerprint density at radius 1 is 1.25 bits per heavy atom. The van der Waals surface area contributed by atoms with E-state index in [1.165, 1.54) is 6.42 Å². The summed E-state index contributed by atoms with van der Waals surface area (Å²) in [7, 11) is 0. The van der Waals surface area contributed by atoms with E-state index in [1.807, 2.05) is 0 Å². The topological polar surface area (TPSA) is 61.5 Å². The van der Waals surface area contributed by atoms with Crippen molar-refractivity contribution in [1.29, 1.82) is 0 Å². The molecule has 4 nitrogen and oxygen atoms in total. The zero-order valence-electron chi connectivity index (χ0n) is 12.0. The molecule has 0 amide bonds. The van der Waals surface area contributed by atoms with Gasteiger partial charge in [-0.25, -0.2) is 4.79 Å². The second kappa shape index (κ2) is 7.17. The van der Waals surface area contributed by atoms with Gasteiger partial charge in [0, 0.05) is 5.69 Å². The van der Waals surface area contributed by atoms with Crippen molar-refractivity contribution in [3.63, 3.8) is 0 Å². The van der Waals surface area contributed by atoms with E-state index in [1.54, 1.807) is 24.3 Å². The Kier molecular flexibility index (Phi) is 5.27. The number of ether oxygens (including phenoxy) is 2. The molecule has 1 fully saturated rings. The minimum absolute atomic E-state index is 0.0448. The van der Waals surface area contributed by atoms with Crippen LogP contribution >= 0.6 is 0 Å². The number of nitrogens with two attached hydrogens (primary N) is 1. The van der Waals surface area contributed by atoms with Crippen molar-refractivity contribution < 1.29 is 14.3 Å². The molecule has 20 heavy (non-hydrogen) atoms. The zero-order chi connectivity index (χ0) is 14.4. The first-order valence-electron chi connectivity index (χ1n) is 7.37. The van der Waals surface area contributed by atoms with Crippen molar-refractivity contribution in [3.05, 3.63) is 24.3 Å². The summed E-state index contributed by atoms with van der Waals surface area (Å²) in [5, 5.41) is 0. The van der Waals surface area contributed by atoms with Crippen molar-refractivity contribution in [2.45, 2.75) is 45.1 Å². The zero-order valence-corrected chi connectivity index (χ0v) is 12.0. The lowest BCUT2D eigenvalue weighted by Gasteiger charge is -2.30. The summed E-state index contributed by atoms with van der Waals surface area (Å²) in [6, 6.07) is 6.99. The van der Waals surface area contributed by atoms with E-state index in [4.69, 9.17) is 15.2 Å². The van der Waals surface area contributed by atoms with Gasteiger partial charge in [0.1, 0.15) is 11.9 Å². The summed E-state index contributed by atoms with van der Waals surface area (Å²) in [4.78, 5) is 11.8. The second-order valence-electron chi connectivity index (χ2n) is 5.34. The number of hydrogen-bond acceptors (Lipinski definition) is 4. The molecule has 0 bridgehead atoms. The summed E-state index contributed by atoms with van der Waals surface area (Å²) >= 11 is 0. The SMILES string of the molecule is CCC1CCCCC1OC(=O)COc1ccc(N)cc1. The number of carbonyl (C=O) groups excluding carboxylic acids is 1. The Labute approximate surface area is 120 Å². The average molecular weight is 277 g/mol. The first kappa shape index (κ1) is 14.7. The Balaban J connectivity index is 1.78. The lowest BCUT2D eigenvalue weighted by Crippen LogP contribution is -2.31. The van der Waals surface area contributed by atoms with Gasteiger partial charge in [-0.05, 0) is 55.9 Å². The molecular weight excluding hydrogens is 254 g/mol. The van der Waals surface area contributed by atoms with E-state index in [2.05, 4.69) is 6.92 Å². The van der Waals surface area contributed by atoms with Crippen LogP contribution in [-0.4, -0.2) is 18.7 Å². The van der Waals surface area contributed by atoms with Crippen LogP contribution in [0.25, 0.3) is 0 Å². The first-order chi connectivity index (χ1) is 9.69. The first-order valence-corrected chi connectivity index (χ1v) is 7.37. The fourth-order valence-electron chi connectivity index (χ4n) is 2.70. The van der Waals surface area contributed by atoms with Crippen LogP contribution in [0.15, 0.2) is 24.3 Å². The molecule has 1 aliphatic rings. The minimum Gasteiger partial charge on any atom is -0.482 e. The highest BCUT2D eigenvalue weighted by atomic mass is 16.6. The van der Waals surface area contributed by atoms with Gasteiger partial charge in [0.15, 0.2) is 6.61 Å². The Hall–Kier alpha value is -1.71. The molecule has 2 N–H and O–H groups in total. The van der Waals surface area contributed by atoms with E-state index in [-0.39, 0.29) is 18.7 Å². The summed E-state index contributed by atoms with van der Waals surface area (Å²) in [6.07, 6.45) is 5.66. The third-order valence-corrected chi connectivity index (χ3v) is 3.88. The highest BCUT2D eigenvalue weighted by Gasteiger charge is 2.26. The molecule has 0 saturated heterocycles. The van der Waals surface area contributed by atoms with Gasteiger partial charge in [-0.2, -0.15) is 0 Å². The van der Waals surface area contributed by atoms with Gasteiger partial charge in [-0.3, -0.25) is 0 Å². The molecule has 4 heteroatoms. The molecule has 1 aromatic rings. The maximum Gasteiger partial charge on any atom is 0.344 e. The average Bonchev–Trinajstić information content (AvgIpc) is 2.47. The standard InChI is InChI=1S/C16H23NO3/c1-2-12-5-3-4-6-15(12)20-16(18)11-19-14-9-7-13(17)8-10-14/h7-10,12,15H,2-6,11,17H2,1H3. The lowest BCUT2D eigenvalue weighted by molar-refractivity contribution is -0.156. The van der Waals surface area contributed by atoms with Crippen LogP contribution in [0.4, 0.5) is 5.69 Å². The maximum atomic E-state index is 11.8. The van der Waals surface area contributed by atoms with Gasteiger partial charge >= 0.3 is 5.97 Å². The summed E-state index contributed by atoms with van der Waals surface area (Å²) in [6.45, 7) is 2.11. The molecule has 2 rings (SSSR count). The normalized spacial score (nSPS) is 22.2. The van der Waals surface area contributed by atoms with Crippen LogP contribution in [0, 0.1) is 5.92 Å². The Morgan fingerprint density at radius 3 is 2.65 bits per heavy atom. The van der Waals surface area contributed by atoms with Crippen LogP contribution < -0.4 is 10.5 Å². The third kappa shape index (κ3) is 4.15. The van der Waals surface area contributed by atoms with Crippen LogP contribution in [0.2, 0.25) is 0 Å². The van der Waals surface area contributed by atoms with Crippen molar-refractivity contribution >= 4 is 11.7 Å². The quantitative estimate of drug-likeness (QED) is 0.663. The predicted molar refractivity (Wildman–Crippen MR) is 78.5 cm³/mol. The summed E-state index contributed by atoms with van der Waals surface area (Å²) in [5.41, 5.74) is 6.26. The Bertz CT molecular complexity index is 430. The van der Waals surface area contributed by atoms with E-state index in [9.17, 15) is 4.79 Å². The third-order valence-electron chi connectivity index (χ3n) is 3.88. The van der Waals surface area contributed by atoms with Gasteiger partial charge in [0.25, 0.3) is 0 Å². The van der Waals surface area contributed by atoms with Crippen molar-refractivity contribution in [2.24, 2.45) is 5.92 Å². The van der Waals surface area contributed by atoms with Gasteiger partial charge in [-0.15, -0.1) is 0 Å². The number of esters is 1. The van der Waals surface area contributed by atoms with Crippen LogP contribution in [0.1, 0.15) is 39.0 Å². The fourth-order valence-corrected chi connectivity index (χ4v) is 2.70. The number of nitrogen functional groups attached to an aromatic ring is 1.